The minimum atomic E-state index is 0.395. The molecule has 0 radical (unpaired) electrons. The molecule has 160 valence electrons. The Hall–Kier alpha value is -2.73. The van der Waals surface area contributed by atoms with Crippen molar-refractivity contribution >= 4 is 17.3 Å². The van der Waals surface area contributed by atoms with Gasteiger partial charge in [0.1, 0.15) is 0 Å². The Morgan fingerprint density at radius 1 is 1.03 bits per heavy atom. The fourth-order valence-corrected chi connectivity index (χ4v) is 4.21. The molecule has 30 heavy (non-hydrogen) atoms. The van der Waals surface area contributed by atoms with Crippen molar-refractivity contribution in [1.82, 2.24) is 10.6 Å². The predicted octanol–water partition coefficient (Wildman–Crippen LogP) is 2.78. The monoisotopic (exact) mass is 407 g/mol. The molecule has 6 nitrogen and oxygen atoms in total. The summed E-state index contributed by atoms with van der Waals surface area (Å²) in [7, 11) is 1.84. The van der Waals surface area contributed by atoms with Crippen LogP contribution in [0.15, 0.2) is 53.5 Å². The molecule has 0 aliphatic carbocycles. The Kier molecular flexibility index (Phi) is 6.74. The number of nitrogens with zero attached hydrogens (tertiary/aromatic N) is 3. The van der Waals surface area contributed by atoms with Gasteiger partial charge in [0.15, 0.2) is 5.96 Å². The van der Waals surface area contributed by atoms with E-state index in [0.29, 0.717) is 6.04 Å². The van der Waals surface area contributed by atoms with E-state index in [9.17, 15) is 0 Å². The fraction of sp³-hybridized carbons (Fsp3) is 0.458. The molecule has 2 N–H and O–H groups in total. The summed E-state index contributed by atoms with van der Waals surface area (Å²) in [4.78, 5) is 9.31. The SMILES string of the molecule is CN=C(NCc1ccccc1N1CCOCC1)NC1CCN(c2ccc(C)cc2)C1. The molecule has 0 bridgehead atoms. The van der Waals surface area contributed by atoms with Gasteiger partial charge in [-0.1, -0.05) is 35.9 Å². The number of hydrogen-bond donors (Lipinski definition) is 2. The maximum Gasteiger partial charge on any atom is 0.191 e. The van der Waals surface area contributed by atoms with E-state index in [1.54, 1.807) is 0 Å². The van der Waals surface area contributed by atoms with Crippen LogP contribution in [-0.4, -0.2) is 58.4 Å². The quantitative estimate of drug-likeness (QED) is 0.590. The van der Waals surface area contributed by atoms with Crippen molar-refractivity contribution in [2.45, 2.75) is 25.9 Å². The number of benzene rings is 2. The molecule has 4 rings (SSSR count). The molecule has 2 saturated heterocycles. The lowest BCUT2D eigenvalue weighted by Crippen LogP contribution is -2.44. The minimum Gasteiger partial charge on any atom is -0.378 e. The highest BCUT2D eigenvalue weighted by atomic mass is 16.5. The number of guanidine groups is 1. The lowest BCUT2D eigenvalue weighted by atomic mass is 10.1. The topological polar surface area (TPSA) is 52.1 Å². The van der Waals surface area contributed by atoms with Crippen LogP contribution >= 0.6 is 0 Å². The third-order valence-electron chi connectivity index (χ3n) is 5.94. The van der Waals surface area contributed by atoms with Crippen LogP contribution in [0.3, 0.4) is 0 Å². The van der Waals surface area contributed by atoms with E-state index in [1.165, 1.54) is 22.5 Å². The second-order valence-corrected chi connectivity index (χ2v) is 8.07. The number of nitrogens with one attached hydrogen (secondary N) is 2. The van der Waals surface area contributed by atoms with Gasteiger partial charge in [-0.25, -0.2) is 0 Å². The third-order valence-corrected chi connectivity index (χ3v) is 5.94. The van der Waals surface area contributed by atoms with Gasteiger partial charge in [-0.2, -0.15) is 0 Å². The van der Waals surface area contributed by atoms with Crippen LogP contribution in [0.2, 0.25) is 0 Å². The Balaban J connectivity index is 1.32. The largest absolute Gasteiger partial charge is 0.378 e. The molecule has 2 aliphatic heterocycles. The average Bonchev–Trinajstić information content (AvgIpc) is 3.26. The molecule has 6 heteroatoms. The van der Waals surface area contributed by atoms with Crippen molar-refractivity contribution in [3.63, 3.8) is 0 Å². The van der Waals surface area contributed by atoms with Crippen LogP contribution in [0.1, 0.15) is 17.5 Å². The Morgan fingerprint density at radius 2 is 1.80 bits per heavy atom. The Morgan fingerprint density at radius 3 is 2.57 bits per heavy atom. The zero-order valence-corrected chi connectivity index (χ0v) is 18.1. The number of aryl methyl sites for hydroxylation is 1. The number of hydrogen-bond acceptors (Lipinski definition) is 4. The summed E-state index contributed by atoms with van der Waals surface area (Å²) in [5.41, 5.74) is 5.17. The lowest BCUT2D eigenvalue weighted by molar-refractivity contribution is 0.122. The number of para-hydroxylation sites is 1. The van der Waals surface area contributed by atoms with Gasteiger partial charge in [-0.3, -0.25) is 4.99 Å². The van der Waals surface area contributed by atoms with Crippen molar-refractivity contribution in [3.8, 4) is 0 Å². The number of aliphatic imine (C=N–C) groups is 1. The summed E-state index contributed by atoms with van der Waals surface area (Å²) >= 11 is 0. The van der Waals surface area contributed by atoms with Crippen molar-refractivity contribution in [3.05, 3.63) is 59.7 Å². The molecular formula is C24H33N5O. The predicted molar refractivity (Wildman–Crippen MR) is 125 cm³/mol. The van der Waals surface area contributed by atoms with E-state index in [0.717, 1.165) is 58.3 Å². The number of rotatable bonds is 5. The first kappa shape index (κ1) is 20.5. The molecule has 2 heterocycles. The van der Waals surface area contributed by atoms with Crippen LogP contribution in [-0.2, 0) is 11.3 Å². The molecule has 0 saturated carbocycles. The van der Waals surface area contributed by atoms with Gasteiger partial charge in [-0.15, -0.1) is 0 Å². The number of anilines is 2. The third kappa shape index (κ3) is 5.05. The molecule has 1 unspecified atom stereocenters. The van der Waals surface area contributed by atoms with Crippen molar-refractivity contribution in [2.24, 2.45) is 4.99 Å². The summed E-state index contributed by atoms with van der Waals surface area (Å²) in [5.74, 6) is 0.863. The smallest absolute Gasteiger partial charge is 0.191 e. The lowest BCUT2D eigenvalue weighted by Gasteiger charge is -2.30. The number of ether oxygens (including phenoxy) is 1. The van der Waals surface area contributed by atoms with Crippen LogP contribution in [0, 0.1) is 6.92 Å². The fourth-order valence-electron chi connectivity index (χ4n) is 4.21. The molecule has 1 atom stereocenters. The molecule has 2 aliphatic rings. The van der Waals surface area contributed by atoms with E-state index in [4.69, 9.17) is 4.74 Å². The highest BCUT2D eigenvalue weighted by Gasteiger charge is 2.23. The molecule has 0 spiro atoms. The van der Waals surface area contributed by atoms with Gasteiger partial charge in [0.2, 0.25) is 0 Å². The van der Waals surface area contributed by atoms with Gasteiger partial charge in [0.25, 0.3) is 0 Å². The van der Waals surface area contributed by atoms with E-state index in [1.807, 2.05) is 7.05 Å². The highest BCUT2D eigenvalue weighted by molar-refractivity contribution is 5.80. The first-order valence-electron chi connectivity index (χ1n) is 10.9. The number of morpholine rings is 1. The van der Waals surface area contributed by atoms with Gasteiger partial charge < -0.3 is 25.2 Å². The Labute approximate surface area is 179 Å². The zero-order chi connectivity index (χ0) is 20.8. The van der Waals surface area contributed by atoms with Crippen LogP contribution in [0.5, 0.6) is 0 Å². The molecule has 2 aromatic carbocycles. The van der Waals surface area contributed by atoms with Crippen LogP contribution < -0.4 is 20.4 Å². The molecule has 0 amide bonds. The minimum absolute atomic E-state index is 0.395. The molecule has 2 aromatic rings. The Bertz CT molecular complexity index is 845. The second-order valence-electron chi connectivity index (χ2n) is 8.07. The van der Waals surface area contributed by atoms with E-state index in [-0.39, 0.29) is 0 Å². The average molecular weight is 408 g/mol. The standard InChI is InChI=1S/C24H33N5O/c1-19-7-9-22(10-8-19)29-12-11-21(18-29)27-24(25-2)26-17-20-5-3-4-6-23(20)28-13-15-30-16-14-28/h3-10,21H,11-18H2,1-2H3,(H2,25,26,27). The van der Waals surface area contributed by atoms with E-state index in [2.05, 4.69) is 80.9 Å². The van der Waals surface area contributed by atoms with Crippen LogP contribution in [0.25, 0.3) is 0 Å². The van der Waals surface area contributed by atoms with Crippen molar-refractivity contribution in [1.29, 1.82) is 0 Å². The van der Waals surface area contributed by atoms with E-state index >= 15 is 0 Å². The normalized spacial score (nSPS) is 19.8. The summed E-state index contributed by atoms with van der Waals surface area (Å²) in [6.45, 7) is 8.43. The van der Waals surface area contributed by atoms with E-state index < -0.39 is 0 Å². The summed E-state index contributed by atoms with van der Waals surface area (Å²) < 4.78 is 5.51. The van der Waals surface area contributed by atoms with Crippen molar-refractivity contribution < 1.29 is 4.74 Å². The first-order valence-corrected chi connectivity index (χ1v) is 10.9. The second kappa shape index (κ2) is 9.85. The van der Waals surface area contributed by atoms with Crippen molar-refractivity contribution in [2.75, 3.05) is 56.2 Å². The van der Waals surface area contributed by atoms with Crippen LogP contribution in [0.4, 0.5) is 11.4 Å². The first-order chi connectivity index (χ1) is 14.7. The highest BCUT2D eigenvalue weighted by Crippen LogP contribution is 2.22. The molecule has 2 fully saturated rings. The molecular weight excluding hydrogens is 374 g/mol. The molecule has 0 aromatic heterocycles. The summed E-state index contributed by atoms with van der Waals surface area (Å²) in [6.07, 6.45) is 1.11. The maximum absolute atomic E-state index is 5.51. The summed E-state index contributed by atoms with van der Waals surface area (Å²) in [6, 6.07) is 17.8. The van der Waals surface area contributed by atoms with Gasteiger partial charge in [0, 0.05) is 57.2 Å². The zero-order valence-electron chi connectivity index (χ0n) is 18.1. The maximum atomic E-state index is 5.51. The summed E-state index contributed by atoms with van der Waals surface area (Å²) in [5, 5.41) is 7.13. The van der Waals surface area contributed by atoms with Gasteiger partial charge in [-0.05, 0) is 37.1 Å². The van der Waals surface area contributed by atoms with Gasteiger partial charge >= 0.3 is 0 Å². The van der Waals surface area contributed by atoms with Gasteiger partial charge in [0.05, 0.1) is 13.2 Å².